The molecule has 1 aromatic carbocycles. The summed E-state index contributed by atoms with van der Waals surface area (Å²) in [5, 5.41) is 3.46. The van der Waals surface area contributed by atoms with Gasteiger partial charge in [0.25, 0.3) is 0 Å². The number of likely N-dealkylation sites (N-methyl/N-ethyl adjacent to an activating group) is 1. The minimum absolute atomic E-state index is 0.0472. The van der Waals surface area contributed by atoms with Crippen LogP contribution in [-0.2, 0) is 6.54 Å². The van der Waals surface area contributed by atoms with Crippen molar-refractivity contribution >= 4 is 0 Å². The van der Waals surface area contributed by atoms with Crippen LogP contribution in [0.15, 0.2) is 59.7 Å². The molecule has 0 saturated heterocycles. The van der Waals surface area contributed by atoms with Gasteiger partial charge in [-0.3, -0.25) is 4.79 Å². The second kappa shape index (κ2) is 6.17. The number of hydrogen-bond acceptors (Lipinski definition) is 2. The Morgan fingerprint density at radius 1 is 1.11 bits per heavy atom. The summed E-state index contributed by atoms with van der Waals surface area (Å²) in [6, 6.07) is 13.8. The molecule has 0 aliphatic rings. The lowest BCUT2D eigenvalue weighted by atomic mass is 10.1. The lowest BCUT2D eigenvalue weighted by Crippen LogP contribution is -2.25. The van der Waals surface area contributed by atoms with Gasteiger partial charge < -0.3 is 9.88 Å². The van der Waals surface area contributed by atoms with Gasteiger partial charge in [0.15, 0.2) is 5.43 Å². The molecular weight excluding hydrogens is 224 g/mol. The fraction of sp³-hybridized carbons (Fsp3) is 0.267. The first-order valence-corrected chi connectivity index (χ1v) is 6.24. The van der Waals surface area contributed by atoms with Crippen molar-refractivity contribution < 1.29 is 0 Å². The maximum atomic E-state index is 11.1. The van der Waals surface area contributed by atoms with E-state index >= 15 is 0 Å². The molecule has 1 N–H and O–H groups in total. The molecule has 0 amide bonds. The van der Waals surface area contributed by atoms with Crippen molar-refractivity contribution in [1.29, 1.82) is 0 Å². The van der Waals surface area contributed by atoms with Crippen molar-refractivity contribution in [2.45, 2.75) is 19.5 Å². The van der Waals surface area contributed by atoms with Crippen LogP contribution in [0.25, 0.3) is 0 Å². The van der Waals surface area contributed by atoms with Gasteiger partial charge >= 0.3 is 0 Å². The number of nitrogens with zero attached hydrogens (tertiary/aromatic N) is 1. The Kier molecular flexibility index (Phi) is 4.31. The summed E-state index contributed by atoms with van der Waals surface area (Å²) in [7, 11) is 0. The highest BCUT2D eigenvalue weighted by molar-refractivity contribution is 5.18. The zero-order chi connectivity index (χ0) is 12.8. The summed E-state index contributed by atoms with van der Waals surface area (Å²) in [5.41, 5.74) is 1.31. The van der Waals surface area contributed by atoms with E-state index in [0.29, 0.717) is 0 Å². The van der Waals surface area contributed by atoms with E-state index in [1.165, 1.54) is 5.56 Å². The molecule has 2 aromatic rings. The first-order chi connectivity index (χ1) is 8.79. The Morgan fingerprint density at radius 2 is 1.78 bits per heavy atom. The molecule has 1 unspecified atom stereocenters. The quantitative estimate of drug-likeness (QED) is 0.872. The molecule has 3 heteroatoms. The van der Waals surface area contributed by atoms with Crippen molar-refractivity contribution in [3.8, 4) is 0 Å². The van der Waals surface area contributed by atoms with E-state index in [-0.39, 0.29) is 11.5 Å². The molecule has 0 aliphatic carbocycles. The first kappa shape index (κ1) is 12.6. The number of hydrogen-bond donors (Lipinski definition) is 1. The van der Waals surface area contributed by atoms with Gasteiger partial charge in [0.1, 0.15) is 0 Å². The summed E-state index contributed by atoms with van der Waals surface area (Å²) in [5.74, 6) is 0. The van der Waals surface area contributed by atoms with Gasteiger partial charge in [-0.2, -0.15) is 0 Å². The van der Waals surface area contributed by atoms with Crippen LogP contribution in [0.4, 0.5) is 0 Å². The van der Waals surface area contributed by atoms with E-state index in [1.54, 1.807) is 12.1 Å². The van der Waals surface area contributed by atoms with Gasteiger partial charge in [-0.25, -0.2) is 0 Å². The molecule has 0 saturated carbocycles. The van der Waals surface area contributed by atoms with E-state index < -0.39 is 0 Å². The smallest absolute Gasteiger partial charge is 0.181 e. The third-order valence-corrected chi connectivity index (χ3v) is 2.91. The Balaban J connectivity index is 2.16. The number of nitrogens with one attached hydrogen (secondary N) is 1. The Bertz CT molecular complexity index is 513. The van der Waals surface area contributed by atoms with Crippen LogP contribution >= 0.6 is 0 Å². The Morgan fingerprint density at radius 3 is 2.39 bits per heavy atom. The highest BCUT2D eigenvalue weighted by Crippen LogP contribution is 2.14. The minimum atomic E-state index is 0.0472. The normalized spacial score (nSPS) is 12.3. The van der Waals surface area contributed by atoms with Crippen LogP contribution in [0, 0.1) is 0 Å². The minimum Gasteiger partial charge on any atom is -0.352 e. The molecule has 18 heavy (non-hydrogen) atoms. The van der Waals surface area contributed by atoms with Crippen LogP contribution in [0.2, 0.25) is 0 Å². The fourth-order valence-electron chi connectivity index (χ4n) is 2.00. The maximum absolute atomic E-state index is 11.1. The molecular formula is C15H18N2O. The largest absolute Gasteiger partial charge is 0.352 e. The molecule has 0 aliphatic heterocycles. The third-order valence-electron chi connectivity index (χ3n) is 2.91. The van der Waals surface area contributed by atoms with E-state index in [2.05, 4.69) is 24.4 Å². The second-order valence-electron chi connectivity index (χ2n) is 4.25. The average molecular weight is 242 g/mol. The Labute approximate surface area is 107 Å². The van der Waals surface area contributed by atoms with Crippen LogP contribution in [-0.4, -0.2) is 11.1 Å². The van der Waals surface area contributed by atoms with Crippen molar-refractivity contribution in [2.75, 3.05) is 6.54 Å². The number of rotatable bonds is 5. The predicted octanol–water partition coefficient (Wildman–Crippen LogP) is 2.20. The maximum Gasteiger partial charge on any atom is 0.181 e. The van der Waals surface area contributed by atoms with Crippen molar-refractivity contribution in [2.24, 2.45) is 0 Å². The fourth-order valence-corrected chi connectivity index (χ4v) is 2.00. The van der Waals surface area contributed by atoms with Crippen molar-refractivity contribution in [1.82, 2.24) is 9.88 Å². The average Bonchev–Trinajstić information content (AvgIpc) is 2.42. The second-order valence-corrected chi connectivity index (χ2v) is 4.25. The van der Waals surface area contributed by atoms with Crippen LogP contribution in [0.5, 0.6) is 0 Å². The topological polar surface area (TPSA) is 34.0 Å². The van der Waals surface area contributed by atoms with Crippen LogP contribution in [0.1, 0.15) is 18.5 Å². The van der Waals surface area contributed by atoms with Gasteiger partial charge in [0.2, 0.25) is 0 Å². The van der Waals surface area contributed by atoms with Crippen LogP contribution in [0.3, 0.4) is 0 Å². The molecule has 1 aromatic heterocycles. The number of pyridine rings is 1. The van der Waals surface area contributed by atoms with Crippen molar-refractivity contribution in [3.63, 3.8) is 0 Å². The highest BCUT2D eigenvalue weighted by atomic mass is 16.1. The summed E-state index contributed by atoms with van der Waals surface area (Å²) in [6.45, 7) is 3.83. The summed E-state index contributed by atoms with van der Waals surface area (Å²) >= 11 is 0. The lowest BCUT2D eigenvalue weighted by molar-refractivity contribution is 0.473. The van der Waals surface area contributed by atoms with E-state index in [9.17, 15) is 4.79 Å². The van der Waals surface area contributed by atoms with Gasteiger partial charge in [-0.05, 0) is 12.1 Å². The molecule has 0 bridgehead atoms. The third kappa shape index (κ3) is 3.31. The Hall–Kier alpha value is -1.87. The standard InChI is InChI=1S/C15H18N2O/c1-2-16-15(13-6-4-3-5-7-13)12-17-10-8-14(18)9-11-17/h3-11,15-16H,2,12H2,1H3. The monoisotopic (exact) mass is 242 g/mol. The predicted molar refractivity (Wildman–Crippen MR) is 73.6 cm³/mol. The molecule has 0 spiro atoms. The molecule has 2 rings (SSSR count). The van der Waals surface area contributed by atoms with E-state index in [4.69, 9.17) is 0 Å². The highest BCUT2D eigenvalue weighted by Gasteiger charge is 2.09. The van der Waals surface area contributed by atoms with Gasteiger partial charge in [0, 0.05) is 31.1 Å². The summed E-state index contributed by atoms with van der Waals surface area (Å²) < 4.78 is 2.03. The molecule has 1 atom stereocenters. The van der Waals surface area contributed by atoms with E-state index in [0.717, 1.165) is 13.1 Å². The summed E-state index contributed by atoms with van der Waals surface area (Å²) in [4.78, 5) is 11.1. The number of benzene rings is 1. The van der Waals surface area contributed by atoms with Gasteiger partial charge in [-0.1, -0.05) is 37.3 Å². The molecule has 1 heterocycles. The molecule has 0 radical (unpaired) electrons. The molecule has 94 valence electrons. The van der Waals surface area contributed by atoms with Crippen LogP contribution < -0.4 is 10.7 Å². The van der Waals surface area contributed by atoms with E-state index in [1.807, 2.05) is 35.2 Å². The molecule has 3 nitrogen and oxygen atoms in total. The zero-order valence-corrected chi connectivity index (χ0v) is 10.5. The zero-order valence-electron chi connectivity index (χ0n) is 10.5. The van der Waals surface area contributed by atoms with Crippen molar-refractivity contribution in [3.05, 3.63) is 70.6 Å². The van der Waals surface area contributed by atoms with Gasteiger partial charge in [-0.15, -0.1) is 0 Å². The lowest BCUT2D eigenvalue weighted by Gasteiger charge is -2.19. The number of aromatic nitrogens is 1. The first-order valence-electron chi connectivity index (χ1n) is 6.24. The SMILES string of the molecule is CCNC(Cn1ccc(=O)cc1)c1ccccc1. The summed E-state index contributed by atoms with van der Waals surface area (Å²) in [6.07, 6.45) is 3.66. The van der Waals surface area contributed by atoms with Gasteiger partial charge in [0.05, 0.1) is 6.04 Å². The molecule has 0 fully saturated rings.